The molecule has 0 bridgehead atoms. The van der Waals surface area contributed by atoms with Crippen molar-refractivity contribution < 1.29 is 27.2 Å². The minimum atomic E-state index is -4.63. The highest BCUT2D eigenvalue weighted by Gasteiger charge is 2.32. The van der Waals surface area contributed by atoms with Gasteiger partial charge in [-0.15, -0.1) is 0 Å². The van der Waals surface area contributed by atoms with Crippen LogP contribution in [0.25, 0.3) is 0 Å². The second-order valence-electron chi connectivity index (χ2n) is 5.33. The maximum absolute atomic E-state index is 13.1. The maximum atomic E-state index is 13.1. The molecule has 2 aromatic carbocycles. The van der Waals surface area contributed by atoms with Crippen molar-refractivity contribution in [3.63, 3.8) is 0 Å². The van der Waals surface area contributed by atoms with Gasteiger partial charge in [-0.3, -0.25) is 9.59 Å². The van der Waals surface area contributed by atoms with Gasteiger partial charge in [-0.1, -0.05) is 17.7 Å². The first-order chi connectivity index (χ1) is 12.1. The summed E-state index contributed by atoms with van der Waals surface area (Å²) < 4.78 is 51.8. The zero-order valence-corrected chi connectivity index (χ0v) is 14.2. The van der Waals surface area contributed by atoms with Gasteiger partial charge >= 0.3 is 6.18 Å². The normalized spacial score (nSPS) is 11.2. The highest BCUT2D eigenvalue weighted by Crippen LogP contribution is 2.35. The summed E-state index contributed by atoms with van der Waals surface area (Å²) in [6, 6.07) is 7.51. The van der Waals surface area contributed by atoms with Crippen LogP contribution in [0.1, 0.15) is 12.5 Å². The molecule has 0 aliphatic carbocycles. The average molecular weight is 389 g/mol. The van der Waals surface area contributed by atoms with Gasteiger partial charge in [0.2, 0.25) is 11.8 Å². The topological polar surface area (TPSA) is 49.4 Å². The number of anilines is 2. The van der Waals surface area contributed by atoms with Crippen molar-refractivity contribution in [2.75, 3.05) is 16.8 Å². The Morgan fingerprint density at radius 3 is 2.42 bits per heavy atom. The molecule has 0 saturated carbocycles. The molecule has 0 unspecified atom stereocenters. The van der Waals surface area contributed by atoms with E-state index in [1.807, 2.05) is 0 Å². The number of hydrogen-bond acceptors (Lipinski definition) is 2. The summed E-state index contributed by atoms with van der Waals surface area (Å²) >= 11 is 5.91. The first-order valence-electron chi connectivity index (χ1n) is 7.28. The molecule has 0 saturated heterocycles. The van der Waals surface area contributed by atoms with Crippen molar-refractivity contribution in [3.05, 3.63) is 58.9 Å². The Hall–Kier alpha value is -2.61. The van der Waals surface area contributed by atoms with Crippen LogP contribution in [0.5, 0.6) is 0 Å². The molecule has 0 fully saturated rings. The first-order valence-corrected chi connectivity index (χ1v) is 7.66. The number of amides is 2. The lowest BCUT2D eigenvalue weighted by molar-refractivity contribution is -0.137. The van der Waals surface area contributed by atoms with E-state index in [0.29, 0.717) is 6.07 Å². The van der Waals surface area contributed by atoms with Gasteiger partial charge in [-0.25, -0.2) is 4.39 Å². The maximum Gasteiger partial charge on any atom is 0.416 e. The number of rotatable bonds is 4. The molecule has 0 atom stereocenters. The molecule has 2 amide bonds. The zero-order valence-electron chi connectivity index (χ0n) is 13.4. The number of hydrogen-bond donors (Lipinski definition) is 1. The molecule has 1 N–H and O–H groups in total. The first kappa shape index (κ1) is 19.7. The summed E-state index contributed by atoms with van der Waals surface area (Å²) in [4.78, 5) is 24.8. The second kappa shape index (κ2) is 7.74. The third-order valence-corrected chi connectivity index (χ3v) is 3.67. The molecule has 0 aliphatic rings. The van der Waals surface area contributed by atoms with Crippen molar-refractivity contribution in [2.24, 2.45) is 0 Å². The monoisotopic (exact) mass is 388 g/mol. The molecule has 0 spiro atoms. The lowest BCUT2D eigenvalue weighted by Gasteiger charge is -2.23. The van der Waals surface area contributed by atoms with E-state index < -0.39 is 35.9 Å². The smallest absolute Gasteiger partial charge is 0.324 e. The van der Waals surface area contributed by atoms with Gasteiger partial charge in [-0.05, 0) is 36.4 Å². The van der Waals surface area contributed by atoms with Gasteiger partial charge in [0.25, 0.3) is 0 Å². The van der Waals surface area contributed by atoms with Crippen LogP contribution in [0.3, 0.4) is 0 Å². The number of carbonyl (C=O) groups is 2. The third-order valence-electron chi connectivity index (χ3n) is 3.35. The van der Waals surface area contributed by atoms with Gasteiger partial charge in [0.05, 0.1) is 16.3 Å². The molecule has 0 radical (unpaired) electrons. The van der Waals surface area contributed by atoms with E-state index in [-0.39, 0.29) is 16.4 Å². The van der Waals surface area contributed by atoms with Gasteiger partial charge in [0.15, 0.2) is 0 Å². The molecule has 138 valence electrons. The highest BCUT2D eigenvalue weighted by molar-refractivity contribution is 6.34. The Morgan fingerprint density at radius 1 is 1.15 bits per heavy atom. The Bertz CT molecular complexity index is 840. The van der Waals surface area contributed by atoms with Gasteiger partial charge in [-0.2, -0.15) is 13.2 Å². The molecule has 26 heavy (non-hydrogen) atoms. The summed E-state index contributed by atoms with van der Waals surface area (Å²) in [6.07, 6.45) is -4.63. The van der Waals surface area contributed by atoms with E-state index in [2.05, 4.69) is 5.32 Å². The number of benzene rings is 2. The molecule has 9 heteroatoms. The standard InChI is InChI=1S/C17H13ClF4N2O2/c1-10(25)24(9-16(26)23-13-4-2-3-12(19)8-13)15-7-11(17(20,21)22)5-6-14(15)18/h2-8H,9H2,1H3,(H,23,26). The largest absolute Gasteiger partial charge is 0.416 e. The fourth-order valence-electron chi connectivity index (χ4n) is 2.17. The predicted molar refractivity (Wildman–Crippen MR) is 89.5 cm³/mol. The van der Waals surface area contributed by atoms with Crippen molar-refractivity contribution >= 4 is 34.8 Å². The highest BCUT2D eigenvalue weighted by atomic mass is 35.5. The van der Waals surface area contributed by atoms with Crippen LogP contribution in [-0.2, 0) is 15.8 Å². The zero-order chi connectivity index (χ0) is 19.5. The van der Waals surface area contributed by atoms with Crippen molar-refractivity contribution in [3.8, 4) is 0 Å². The van der Waals surface area contributed by atoms with Crippen LogP contribution in [0, 0.1) is 5.82 Å². The average Bonchev–Trinajstić information content (AvgIpc) is 2.52. The fraction of sp³-hybridized carbons (Fsp3) is 0.176. The number of carbonyl (C=O) groups excluding carboxylic acids is 2. The number of nitrogens with zero attached hydrogens (tertiary/aromatic N) is 1. The third kappa shape index (κ3) is 4.95. The fourth-order valence-corrected chi connectivity index (χ4v) is 2.39. The predicted octanol–water partition coefficient (Wildman–Crippen LogP) is 4.49. The van der Waals surface area contributed by atoms with E-state index in [9.17, 15) is 27.2 Å². The van der Waals surface area contributed by atoms with E-state index in [4.69, 9.17) is 11.6 Å². The summed E-state index contributed by atoms with van der Waals surface area (Å²) in [6.45, 7) is 0.499. The van der Waals surface area contributed by atoms with Crippen LogP contribution in [0.2, 0.25) is 5.02 Å². The summed E-state index contributed by atoms with van der Waals surface area (Å²) in [5.74, 6) is -1.98. The van der Waals surface area contributed by atoms with Crippen molar-refractivity contribution in [2.45, 2.75) is 13.1 Å². The van der Waals surface area contributed by atoms with Crippen molar-refractivity contribution in [1.82, 2.24) is 0 Å². The number of alkyl halides is 3. The quantitative estimate of drug-likeness (QED) is 0.784. The van der Waals surface area contributed by atoms with Crippen LogP contribution < -0.4 is 10.2 Å². The Labute approximate surface area is 151 Å². The van der Waals surface area contributed by atoms with Crippen molar-refractivity contribution in [1.29, 1.82) is 0 Å². The minimum Gasteiger partial charge on any atom is -0.324 e. The molecule has 2 rings (SSSR count). The van der Waals surface area contributed by atoms with E-state index in [1.165, 1.54) is 18.2 Å². The van der Waals surface area contributed by atoms with E-state index in [1.54, 1.807) is 0 Å². The summed E-state index contributed by atoms with van der Waals surface area (Å²) in [7, 11) is 0. The molecule has 0 heterocycles. The molecule has 0 aromatic heterocycles. The Morgan fingerprint density at radius 2 is 1.85 bits per heavy atom. The SMILES string of the molecule is CC(=O)N(CC(=O)Nc1cccc(F)c1)c1cc(C(F)(F)F)ccc1Cl. The summed E-state index contributed by atoms with van der Waals surface area (Å²) in [5, 5.41) is 2.25. The van der Waals surface area contributed by atoms with Crippen LogP contribution in [0.4, 0.5) is 28.9 Å². The molecule has 2 aromatic rings. The molecule has 4 nitrogen and oxygen atoms in total. The van der Waals surface area contributed by atoms with E-state index in [0.717, 1.165) is 30.0 Å². The number of nitrogens with one attached hydrogen (secondary N) is 1. The van der Waals surface area contributed by atoms with Gasteiger partial charge < -0.3 is 10.2 Å². The Balaban J connectivity index is 2.26. The van der Waals surface area contributed by atoms with Gasteiger partial charge in [0.1, 0.15) is 12.4 Å². The molecule has 0 aliphatic heterocycles. The second-order valence-corrected chi connectivity index (χ2v) is 5.73. The Kier molecular flexibility index (Phi) is 5.86. The summed E-state index contributed by atoms with van der Waals surface area (Å²) in [5.41, 5.74) is -1.11. The number of halogens is 5. The van der Waals surface area contributed by atoms with E-state index >= 15 is 0 Å². The lowest BCUT2D eigenvalue weighted by Crippen LogP contribution is -2.37. The lowest BCUT2D eigenvalue weighted by atomic mass is 10.1. The van der Waals surface area contributed by atoms with Crippen LogP contribution >= 0.6 is 11.6 Å². The molecular formula is C17H13ClF4N2O2. The minimum absolute atomic E-state index is 0.119. The van der Waals surface area contributed by atoms with Crippen LogP contribution in [0.15, 0.2) is 42.5 Å². The van der Waals surface area contributed by atoms with Crippen LogP contribution in [-0.4, -0.2) is 18.4 Å². The van der Waals surface area contributed by atoms with Gasteiger partial charge in [0, 0.05) is 12.6 Å². The molecular weight excluding hydrogens is 376 g/mol.